The van der Waals surface area contributed by atoms with E-state index in [0.29, 0.717) is 6.42 Å². The Bertz CT molecular complexity index is 765. The van der Waals surface area contributed by atoms with Crippen LogP contribution >= 0.6 is 11.3 Å². The highest BCUT2D eigenvalue weighted by Gasteiger charge is 2.11. The van der Waals surface area contributed by atoms with E-state index in [1.54, 1.807) is 6.20 Å². The SMILES string of the molecule is Cc1ccnc(-c2nc(CC(=O)c3ccccc3)cs2)c1. The fraction of sp³-hybridized carbons (Fsp3) is 0.118. The van der Waals surface area contributed by atoms with Crippen LogP contribution in [0.2, 0.25) is 0 Å². The zero-order valence-electron chi connectivity index (χ0n) is 11.6. The first-order valence-electron chi connectivity index (χ1n) is 6.68. The molecule has 0 aliphatic heterocycles. The molecule has 3 rings (SSSR count). The molecule has 2 aromatic heterocycles. The van der Waals surface area contributed by atoms with Crippen LogP contribution in [0.15, 0.2) is 54.0 Å². The molecule has 0 N–H and O–H groups in total. The van der Waals surface area contributed by atoms with Crippen LogP contribution < -0.4 is 0 Å². The number of nitrogens with zero attached hydrogens (tertiary/aromatic N) is 2. The number of aromatic nitrogens is 2. The molecule has 0 spiro atoms. The zero-order valence-corrected chi connectivity index (χ0v) is 12.4. The van der Waals surface area contributed by atoms with Crippen molar-refractivity contribution in [2.45, 2.75) is 13.3 Å². The number of carbonyl (C=O) groups is 1. The van der Waals surface area contributed by atoms with Gasteiger partial charge in [-0.15, -0.1) is 11.3 Å². The van der Waals surface area contributed by atoms with Crippen LogP contribution in [0.5, 0.6) is 0 Å². The average Bonchev–Trinajstić information content (AvgIpc) is 2.97. The molecule has 21 heavy (non-hydrogen) atoms. The van der Waals surface area contributed by atoms with E-state index in [1.807, 2.05) is 54.8 Å². The van der Waals surface area contributed by atoms with Gasteiger partial charge in [0.15, 0.2) is 5.78 Å². The van der Waals surface area contributed by atoms with E-state index in [-0.39, 0.29) is 5.78 Å². The number of rotatable bonds is 4. The molecule has 0 amide bonds. The summed E-state index contributed by atoms with van der Waals surface area (Å²) in [7, 11) is 0. The summed E-state index contributed by atoms with van der Waals surface area (Å²) in [5.74, 6) is 0.0876. The molecule has 1 aromatic carbocycles. The van der Waals surface area contributed by atoms with Crippen LogP contribution in [0.25, 0.3) is 10.7 Å². The summed E-state index contributed by atoms with van der Waals surface area (Å²) in [5.41, 5.74) is 3.53. The van der Waals surface area contributed by atoms with Crippen molar-refractivity contribution in [2.75, 3.05) is 0 Å². The maximum atomic E-state index is 12.2. The molecule has 3 aromatic rings. The molecular formula is C17H14N2OS. The minimum atomic E-state index is 0.0876. The van der Waals surface area contributed by atoms with Crippen molar-refractivity contribution < 1.29 is 4.79 Å². The first-order chi connectivity index (χ1) is 10.2. The number of thiazole rings is 1. The van der Waals surface area contributed by atoms with E-state index >= 15 is 0 Å². The number of benzene rings is 1. The second kappa shape index (κ2) is 5.97. The van der Waals surface area contributed by atoms with Gasteiger partial charge >= 0.3 is 0 Å². The Labute approximate surface area is 127 Å². The lowest BCUT2D eigenvalue weighted by atomic mass is 10.1. The standard InChI is InChI=1S/C17H14N2OS/c1-12-7-8-18-15(9-12)17-19-14(11-21-17)10-16(20)13-5-3-2-4-6-13/h2-9,11H,10H2,1H3. The maximum absolute atomic E-state index is 12.2. The summed E-state index contributed by atoms with van der Waals surface area (Å²) in [4.78, 5) is 21.0. The quantitative estimate of drug-likeness (QED) is 0.684. The summed E-state index contributed by atoms with van der Waals surface area (Å²) < 4.78 is 0. The highest BCUT2D eigenvalue weighted by Crippen LogP contribution is 2.23. The van der Waals surface area contributed by atoms with Gasteiger partial charge in [-0.1, -0.05) is 30.3 Å². The molecule has 0 unspecified atom stereocenters. The molecular weight excluding hydrogens is 280 g/mol. The minimum absolute atomic E-state index is 0.0876. The van der Waals surface area contributed by atoms with E-state index in [1.165, 1.54) is 11.3 Å². The van der Waals surface area contributed by atoms with Crippen LogP contribution in [0.3, 0.4) is 0 Å². The predicted molar refractivity (Wildman–Crippen MR) is 84.6 cm³/mol. The van der Waals surface area contributed by atoms with Gasteiger partial charge in [0.1, 0.15) is 5.01 Å². The van der Waals surface area contributed by atoms with Crippen LogP contribution in [0.1, 0.15) is 21.6 Å². The summed E-state index contributed by atoms with van der Waals surface area (Å²) >= 11 is 1.52. The number of aryl methyl sites for hydroxylation is 1. The second-order valence-electron chi connectivity index (χ2n) is 4.83. The number of ketones is 1. The molecule has 0 fully saturated rings. The number of Topliss-reactive ketones (excluding diaryl/α,β-unsaturated/α-hetero) is 1. The fourth-order valence-corrected chi connectivity index (χ4v) is 2.84. The van der Waals surface area contributed by atoms with Gasteiger partial charge in [0.25, 0.3) is 0 Å². The first-order valence-corrected chi connectivity index (χ1v) is 7.56. The third-order valence-corrected chi connectivity index (χ3v) is 4.04. The lowest BCUT2D eigenvalue weighted by molar-refractivity contribution is 0.0992. The van der Waals surface area contributed by atoms with Crippen LogP contribution in [0.4, 0.5) is 0 Å². The Balaban J connectivity index is 1.78. The van der Waals surface area contributed by atoms with Crippen LogP contribution in [0, 0.1) is 6.92 Å². The molecule has 2 heterocycles. The molecule has 0 atom stereocenters. The monoisotopic (exact) mass is 294 g/mol. The summed E-state index contributed by atoms with van der Waals surface area (Å²) in [6.45, 7) is 2.03. The van der Waals surface area contributed by atoms with Gasteiger partial charge in [-0.25, -0.2) is 4.98 Å². The third-order valence-electron chi connectivity index (χ3n) is 3.12. The average molecular weight is 294 g/mol. The molecule has 3 nitrogen and oxygen atoms in total. The van der Waals surface area contributed by atoms with Gasteiger partial charge in [0.05, 0.1) is 17.8 Å². The minimum Gasteiger partial charge on any atom is -0.294 e. The zero-order chi connectivity index (χ0) is 14.7. The van der Waals surface area contributed by atoms with E-state index in [0.717, 1.165) is 27.5 Å². The molecule has 4 heteroatoms. The molecule has 0 aliphatic rings. The lowest BCUT2D eigenvalue weighted by Gasteiger charge is -1.98. The van der Waals surface area contributed by atoms with Crippen molar-refractivity contribution in [1.82, 2.24) is 9.97 Å². The van der Waals surface area contributed by atoms with Gasteiger partial charge in [0, 0.05) is 17.1 Å². The number of hydrogen-bond donors (Lipinski definition) is 0. The third kappa shape index (κ3) is 3.23. The van der Waals surface area contributed by atoms with E-state index in [4.69, 9.17) is 0 Å². The van der Waals surface area contributed by atoms with Crippen LogP contribution in [-0.4, -0.2) is 15.8 Å². The Kier molecular flexibility index (Phi) is 3.88. The van der Waals surface area contributed by atoms with Gasteiger partial charge in [-0.3, -0.25) is 9.78 Å². The van der Waals surface area contributed by atoms with Crippen molar-refractivity contribution in [3.8, 4) is 10.7 Å². The largest absolute Gasteiger partial charge is 0.294 e. The fourth-order valence-electron chi connectivity index (χ4n) is 2.05. The Morgan fingerprint density at radius 3 is 2.76 bits per heavy atom. The van der Waals surface area contributed by atoms with Crippen molar-refractivity contribution in [2.24, 2.45) is 0 Å². The predicted octanol–water partition coefficient (Wildman–Crippen LogP) is 3.94. The number of carbonyl (C=O) groups excluding carboxylic acids is 1. The molecule has 0 saturated carbocycles. The van der Waals surface area contributed by atoms with Crippen molar-refractivity contribution in [3.63, 3.8) is 0 Å². The summed E-state index contributed by atoms with van der Waals surface area (Å²) in [6, 6.07) is 13.3. The van der Waals surface area contributed by atoms with Crippen molar-refractivity contribution in [3.05, 3.63) is 70.9 Å². The number of hydrogen-bond acceptors (Lipinski definition) is 4. The molecule has 0 radical (unpaired) electrons. The first kappa shape index (κ1) is 13.6. The van der Waals surface area contributed by atoms with Gasteiger partial charge in [-0.05, 0) is 24.6 Å². The maximum Gasteiger partial charge on any atom is 0.168 e. The Morgan fingerprint density at radius 1 is 1.19 bits per heavy atom. The summed E-state index contributed by atoms with van der Waals surface area (Å²) in [6.07, 6.45) is 2.10. The Morgan fingerprint density at radius 2 is 2.00 bits per heavy atom. The molecule has 104 valence electrons. The Hall–Kier alpha value is -2.33. The molecule has 0 saturated heterocycles. The van der Waals surface area contributed by atoms with Crippen molar-refractivity contribution in [1.29, 1.82) is 0 Å². The van der Waals surface area contributed by atoms with E-state index < -0.39 is 0 Å². The highest BCUT2D eigenvalue weighted by atomic mass is 32.1. The van der Waals surface area contributed by atoms with E-state index in [9.17, 15) is 4.79 Å². The molecule has 0 aliphatic carbocycles. The molecule has 0 bridgehead atoms. The van der Waals surface area contributed by atoms with Gasteiger partial charge in [0.2, 0.25) is 0 Å². The summed E-state index contributed by atoms with van der Waals surface area (Å²) in [5, 5.41) is 2.79. The normalized spacial score (nSPS) is 10.5. The lowest BCUT2D eigenvalue weighted by Crippen LogP contribution is -2.03. The highest BCUT2D eigenvalue weighted by molar-refractivity contribution is 7.13. The topological polar surface area (TPSA) is 42.9 Å². The smallest absolute Gasteiger partial charge is 0.168 e. The van der Waals surface area contributed by atoms with Gasteiger partial charge in [-0.2, -0.15) is 0 Å². The van der Waals surface area contributed by atoms with Crippen LogP contribution in [-0.2, 0) is 6.42 Å². The van der Waals surface area contributed by atoms with Gasteiger partial charge < -0.3 is 0 Å². The second-order valence-corrected chi connectivity index (χ2v) is 5.69. The van der Waals surface area contributed by atoms with E-state index in [2.05, 4.69) is 9.97 Å². The number of pyridine rings is 1. The van der Waals surface area contributed by atoms with Crippen molar-refractivity contribution >= 4 is 17.1 Å².